The van der Waals surface area contributed by atoms with Gasteiger partial charge < -0.3 is 5.11 Å². The highest BCUT2D eigenvalue weighted by atomic mass is 35.5. The van der Waals surface area contributed by atoms with E-state index in [-0.39, 0.29) is 5.78 Å². The molecule has 0 amide bonds. The molecule has 1 atom stereocenters. The summed E-state index contributed by atoms with van der Waals surface area (Å²) in [7, 11) is 0. The molecule has 1 heterocycles. The van der Waals surface area contributed by atoms with E-state index in [1.54, 1.807) is 12.1 Å². The molecule has 1 N–H and O–H groups in total. The molecular weight excluding hydrogens is 248 g/mol. The molecule has 1 aliphatic carbocycles. The standard InChI is InChI=1S/C11H9ClO3S/c12-10-4-3-9(16-10)8-5-6(13)1-2-7(8)11(14)15/h3-5,7H,1-2H2,(H,14,15). The van der Waals surface area contributed by atoms with Gasteiger partial charge in [0.15, 0.2) is 5.78 Å². The lowest BCUT2D eigenvalue weighted by Crippen LogP contribution is -2.20. The van der Waals surface area contributed by atoms with Crippen molar-refractivity contribution in [2.45, 2.75) is 12.8 Å². The lowest BCUT2D eigenvalue weighted by molar-refractivity contribution is -0.140. The number of allylic oxidation sites excluding steroid dienone is 1. The zero-order valence-corrected chi connectivity index (χ0v) is 9.85. The number of rotatable bonds is 2. The molecule has 5 heteroatoms. The average molecular weight is 257 g/mol. The van der Waals surface area contributed by atoms with Gasteiger partial charge in [0.1, 0.15) is 0 Å². The van der Waals surface area contributed by atoms with Crippen LogP contribution >= 0.6 is 22.9 Å². The van der Waals surface area contributed by atoms with Crippen LogP contribution in [0.4, 0.5) is 0 Å². The van der Waals surface area contributed by atoms with Crippen LogP contribution in [0.3, 0.4) is 0 Å². The van der Waals surface area contributed by atoms with Crippen molar-refractivity contribution in [2.24, 2.45) is 5.92 Å². The second-order valence-corrected chi connectivity index (χ2v) is 5.31. The van der Waals surface area contributed by atoms with Gasteiger partial charge in [0.05, 0.1) is 10.3 Å². The smallest absolute Gasteiger partial charge is 0.311 e. The number of carbonyl (C=O) groups excluding carboxylic acids is 1. The lowest BCUT2D eigenvalue weighted by atomic mass is 9.86. The van der Waals surface area contributed by atoms with Crippen molar-refractivity contribution >= 4 is 40.3 Å². The Morgan fingerprint density at radius 3 is 2.81 bits per heavy atom. The molecule has 2 rings (SSSR count). The zero-order valence-electron chi connectivity index (χ0n) is 8.27. The second-order valence-electron chi connectivity index (χ2n) is 3.60. The Hall–Kier alpha value is -1.13. The van der Waals surface area contributed by atoms with E-state index in [4.69, 9.17) is 16.7 Å². The molecule has 0 aromatic carbocycles. The highest BCUT2D eigenvalue weighted by Gasteiger charge is 2.29. The average Bonchev–Trinajstić information content (AvgIpc) is 2.64. The molecule has 0 spiro atoms. The van der Waals surface area contributed by atoms with E-state index in [2.05, 4.69) is 0 Å². The minimum Gasteiger partial charge on any atom is -0.481 e. The van der Waals surface area contributed by atoms with Crippen molar-refractivity contribution in [2.75, 3.05) is 0 Å². The molecule has 1 aliphatic rings. The van der Waals surface area contributed by atoms with Crippen LogP contribution in [0.25, 0.3) is 5.57 Å². The van der Waals surface area contributed by atoms with Crippen molar-refractivity contribution in [3.63, 3.8) is 0 Å². The van der Waals surface area contributed by atoms with Crippen LogP contribution in [0.1, 0.15) is 17.7 Å². The molecule has 1 aromatic rings. The van der Waals surface area contributed by atoms with Crippen LogP contribution in [0, 0.1) is 5.92 Å². The van der Waals surface area contributed by atoms with Crippen molar-refractivity contribution in [1.29, 1.82) is 0 Å². The first kappa shape index (κ1) is 11.4. The third-order valence-electron chi connectivity index (χ3n) is 2.53. The summed E-state index contributed by atoms with van der Waals surface area (Å²) in [6.07, 6.45) is 2.11. The summed E-state index contributed by atoms with van der Waals surface area (Å²) in [6, 6.07) is 3.47. The van der Waals surface area contributed by atoms with Gasteiger partial charge in [-0.2, -0.15) is 0 Å². The number of halogens is 1. The van der Waals surface area contributed by atoms with Crippen LogP contribution in [0.15, 0.2) is 18.2 Å². The van der Waals surface area contributed by atoms with Crippen LogP contribution in [-0.2, 0) is 9.59 Å². The Bertz CT molecular complexity index is 475. The number of carbonyl (C=O) groups is 2. The van der Waals surface area contributed by atoms with Crippen LogP contribution in [0.5, 0.6) is 0 Å². The monoisotopic (exact) mass is 256 g/mol. The van der Waals surface area contributed by atoms with E-state index < -0.39 is 11.9 Å². The molecule has 0 bridgehead atoms. The highest BCUT2D eigenvalue weighted by molar-refractivity contribution is 7.17. The molecule has 0 saturated heterocycles. The summed E-state index contributed by atoms with van der Waals surface area (Å²) in [5.41, 5.74) is 0.584. The van der Waals surface area contributed by atoms with Gasteiger partial charge in [-0.25, -0.2) is 0 Å². The van der Waals surface area contributed by atoms with E-state index in [0.29, 0.717) is 22.8 Å². The Labute approximate surface area is 101 Å². The van der Waals surface area contributed by atoms with Crippen molar-refractivity contribution in [1.82, 2.24) is 0 Å². The van der Waals surface area contributed by atoms with Crippen LogP contribution in [-0.4, -0.2) is 16.9 Å². The number of ketones is 1. The molecule has 0 aliphatic heterocycles. The van der Waals surface area contributed by atoms with Crippen molar-refractivity contribution in [3.8, 4) is 0 Å². The number of aliphatic carboxylic acids is 1. The van der Waals surface area contributed by atoms with E-state index in [1.807, 2.05) is 0 Å². The van der Waals surface area contributed by atoms with Gasteiger partial charge in [0, 0.05) is 11.3 Å². The predicted octanol–water partition coefficient (Wildman–Crippen LogP) is 2.85. The first-order valence-electron chi connectivity index (χ1n) is 4.81. The van der Waals surface area contributed by atoms with Crippen molar-refractivity contribution < 1.29 is 14.7 Å². The van der Waals surface area contributed by atoms with Crippen LogP contribution in [0.2, 0.25) is 4.34 Å². The molecular formula is C11H9ClO3S. The summed E-state index contributed by atoms with van der Waals surface area (Å²) < 4.78 is 0.595. The minimum atomic E-state index is -0.886. The van der Waals surface area contributed by atoms with Gasteiger partial charge in [-0.1, -0.05) is 11.6 Å². The van der Waals surface area contributed by atoms with Crippen LogP contribution < -0.4 is 0 Å². The Morgan fingerprint density at radius 2 is 2.25 bits per heavy atom. The van der Waals surface area contributed by atoms with E-state index in [0.717, 1.165) is 4.88 Å². The minimum absolute atomic E-state index is 0.0166. The number of hydrogen-bond donors (Lipinski definition) is 1. The molecule has 84 valence electrons. The first-order chi connectivity index (χ1) is 7.58. The van der Waals surface area contributed by atoms with E-state index in [9.17, 15) is 9.59 Å². The lowest BCUT2D eigenvalue weighted by Gasteiger charge is -2.18. The molecule has 1 unspecified atom stereocenters. The number of hydrogen-bond acceptors (Lipinski definition) is 3. The van der Waals surface area contributed by atoms with Crippen molar-refractivity contribution in [3.05, 3.63) is 27.4 Å². The predicted molar refractivity (Wildman–Crippen MR) is 62.7 cm³/mol. The fourth-order valence-corrected chi connectivity index (χ4v) is 2.87. The summed E-state index contributed by atoms with van der Waals surface area (Å²) in [5.74, 6) is -1.49. The number of carboxylic acid groups (broad SMARTS) is 1. The number of carboxylic acids is 1. The normalized spacial score (nSPS) is 20.7. The van der Waals surface area contributed by atoms with Gasteiger partial charge in [-0.15, -0.1) is 11.3 Å². The Morgan fingerprint density at radius 1 is 1.50 bits per heavy atom. The van der Waals surface area contributed by atoms with E-state index in [1.165, 1.54) is 17.4 Å². The summed E-state index contributed by atoms with van der Waals surface area (Å²) in [5, 5.41) is 9.08. The zero-order chi connectivity index (χ0) is 11.7. The van der Waals surface area contributed by atoms with Gasteiger partial charge in [0.25, 0.3) is 0 Å². The molecule has 3 nitrogen and oxygen atoms in total. The fourth-order valence-electron chi connectivity index (χ4n) is 1.76. The molecule has 1 aromatic heterocycles. The van der Waals surface area contributed by atoms with Gasteiger partial charge >= 0.3 is 5.97 Å². The molecule has 0 radical (unpaired) electrons. The van der Waals surface area contributed by atoms with Gasteiger partial charge in [-0.05, 0) is 30.2 Å². The van der Waals surface area contributed by atoms with Gasteiger partial charge in [0.2, 0.25) is 0 Å². The molecule has 16 heavy (non-hydrogen) atoms. The summed E-state index contributed by atoms with van der Waals surface area (Å²) in [4.78, 5) is 23.2. The third-order valence-corrected chi connectivity index (χ3v) is 3.81. The summed E-state index contributed by atoms with van der Waals surface area (Å²) in [6.45, 7) is 0. The quantitative estimate of drug-likeness (QED) is 0.885. The SMILES string of the molecule is O=C1C=C(c2ccc(Cl)s2)C(C(=O)O)CC1. The maximum absolute atomic E-state index is 11.3. The molecule has 0 saturated carbocycles. The maximum atomic E-state index is 11.3. The van der Waals surface area contributed by atoms with E-state index >= 15 is 0 Å². The first-order valence-corrected chi connectivity index (χ1v) is 6.00. The second kappa shape index (κ2) is 4.39. The topological polar surface area (TPSA) is 54.4 Å². The van der Waals surface area contributed by atoms with Gasteiger partial charge in [-0.3, -0.25) is 9.59 Å². The third kappa shape index (κ3) is 2.18. The largest absolute Gasteiger partial charge is 0.481 e. The maximum Gasteiger partial charge on any atom is 0.311 e. The Kier molecular flexibility index (Phi) is 3.12. The fraction of sp³-hybridized carbons (Fsp3) is 0.273. The molecule has 0 fully saturated rings. The number of thiophene rings is 1. The Balaban J connectivity index is 2.41. The highest BCUT2D eigenvalue weighted by Crippen LogP contribution is 2.36. The summed E-state index contributed by atoms with van der Waals surface area (Å²) >= 11 is 7.10.